The number of hydrogen-bond acceptors (Lipinski definition) is 3. The van der Waals surface area contributed by atoms with Crippen LogP contribution in [-0.2, 0) is 18.3 Å². The first-order valence-corrected chi connectivity index (χ1v) is 8.96. The number of amides is 1. The highest BCUT2D eigenvalue weighted by atomic mass is 16.3. The summed E-state index contributed by atoms with van der Waals surface area (Å²) in [6, 6.07) is 8.00. The van der Waals surface area contributed by atoms with E-state index in [9.17, 15) is 9.90 Å². The molecule has 2 aromatic rings. The molecule has 0 radical (unpaired) electrons. The molecule has 0 unspecified atom stereocenters. The molecule has 1 aliphatic heterocycles. The fourth-order valence-electron chi connectivity index (χ4n) is 3.63. The molecule has 3 rings (SSSR count). The molecule has 1 N–H and O–H groups in total. The maximum Gasteiger partial charge on any atom is 0.227 e. The molecule has 134 valence electrons. The summed E-state index contributed by atoms with van der Waals surface area (Å²) >= 11 is 0. The Morgan fingerprint density at radius 1 is 1.28 bits per heavy atom. The lowest BCUT2D eigenvalue weighted by Gasteiger charge is -2.34. The van der Waals surface area contributed by atoms with Crippen molar-refractivity contribution in [3.8, 4) is 0 Å². The normalized spacial score (nSPS) is 16.9. The quantitative estimate of drug-likeness (QED) is 0.930. The van der Waals surface area contributed by atoms with E-state index < -0.39 is 6.10 Å². The lowest BCUT2D eigenvalue weighted by atomic mass is 9.86. The zero-order chi connectivity index (χ0) is 18.0. The molecule has 2 heterocycles. The molecule has 1 aromatic heterocycles. The molecule has 1 atom stereocenters. The van der Waals surface area contributed by atoms with Crippen molar-refractivity contribution in [2.45, 2.75) is 39.2 Å². The van der Waals surface area contributed by atoms with Gasteiger partial charge in [0.1, 0.15) is 0 Å². The first-order chi connectivity index (χ1) is 12.0. The Balaban J connectivity index is 1.57. The van der Waals surface area contributed by atoms with E-state index in [0.29, 0.717) is 19.5 Å². The SMILES string of the molecule is Cc1ccccc1[C@@H](O)C1CCN(C(=O)Cc2cnn(C)c2C)CC1. The molecule has 1 saturated heterocycles. The van der Waals surface area contributed by atoms with Crippen molar-refractivity contribution in [1.82, 2.24) is 14.7 Å². The van der Waals surface area contributed by atoms with Gasteiger partial charge in [-0.15, -0.1) is 0 Å². The summed E-state index contributed by atoms with van der Waals surface area (Å²) in [6.45, 7) is 5.45. The first-order valence-electron chi connectivity index (χ1n) is 8.96. The Morgan fingerprint density at radius 3 is 2.56 bits per heavy atom. The summed E-state index contributed by atoms with van der Waals surface area (Å²) in [5.41, 5.74) is 4.17. The third kappa shape index (κ3) is 3.76. The van der Waals surface area contributed by atoms with Gasteiger partial charge in [0.2, 0.25) is 5.91 Å². The molecule has 0 bridgehead atoms. The number of aliphatic hydroxyl groups excluding tert-OH is 1. The lowest BCUT2D eigenvalue weighted by molar-refractivity contribution is -0.132. The molecule has 0 spiro atoms. The number of aromatic nitrogens is 2. The average Bonchev–Trinajstić information content (AvgIpc) is 2.94. The van der Waals surface area contributed by atoms with Crippen molar-refractivity contribution in [3.63, 3.8) is 0 Å². The number of carbonyl (C=O) groups is 1. The van der Waals surface area contributed by atoms with Crippen LogP contribution in [0.4, 0.5) is 0 Å². The molecule has 1 aliphatic rings. The van der Waals surface area contributed by atoms with E-state index in [1.54, 1.807) is 10.9 Å². The van der Waals surface area contributed by atoms with Gasteiger partial charge in [0.25, 0.3) is 0 Å². The highest BCUT2D eigenvalue weighted by Crippen LogP contribution is 2.32. The molecule has 1 aromatic carbocycles. The summed E-state index contributed by atoms with van der Waals surface area (Å²) < 4.78 is 1.80. The molecule has 1 fully saturated rings. The number of aryl methyl sites for hydroxylation is 2. The number of carbonyl (C=O) groups excluding carboxylic acids is 1. The summed E-state index contributed by atoms with van der Waals surface area (Å²) in [4.78, 5) is 14.5. The highest BCUT2D eigenvalue weighted by Gasteiger charge is 2.29. The van der Waals surface area contributed by atoms with Crippen molar-refractivity contribution in [2.24, 2.45) is 13.0 Å². The van der Waals surface area contributed by atoms with E-state index in [1.807, 2.05) is 50.1 Å². The largest absolute Gasteiger partial charge is 0.388 e. The van der Waals surface area contributed by atoms with Crippen LogP contribution in [0.15, 0.2) is 30.5 Å². The van der Waals surface area contributed by atoms with Gasteiger partial charge in [-0.1, -0.05) is 24.3 Å². The van der Waals surface area contributed by atoms with Crippen molar-refractivity contribution in [1.29, 1.82) is 0 Å². The van der Waals surface area contributed by atoms with Crippen molar-refractivity contribution in [3.05, 3.63) is 52.8 Å². The minimum Gasteiger partial charge on any atom is -0.388 e. The minimum absolute atomic E-state index is 0.153. The smallest absolute Gasteiger partial charge is 0.227 e. The molecular weight excluding hydrogens is 314 g/mol. The molecule has 5 heteroatoms. The van der Waals surface area contributed by atoms with E-state index >= 15 is 0 Å². The zero-order valence-corrected chi connectivity index (χ0v) is 15.3. The van der Waals surface area contributed by atoms with Crippen LogP contribution in [0.25, 0.3) is 0 Å². The molecule has 0 aliphatic carbocycles. The second-order valence-electron chi connectivity index (χ2n) is 7.08. The highest BCUT2D eigenvalue weighted by molar-refractivity contribution is 5.79. The predicted octanol–water partition coefficient (Wildman–Crippen LogP) is 2.55. The van der Waals surface area contributed by atoms with Crippen molar-refractivity contribution in [2.75, 3.05) is 13.1 Å². The Morgan fingerprint density at radius 2 is 1.96 bits per heavy atom. The van der Waals surface area contributed by atoms with Crippen LogP contribution in [0.5, 0.6) is 0 Å². The fraction of sp³-hybridized carbons (Fsp3) is 0.500. The van der Waals surface area contributed by atoms with Gasteiger partial charge in [-0.2, -0.15) is 5.10 Å². The van der Waals surface area contributed by atoms with Crippen LogP contribution in [-0.4, -0.2) is 38.8 Å². The van der Waals surface area contributed by atoms with Crippen LogP contribution >= 0.6 is 0 Å². The lowest BCUT2D eigenvalue weighted by Crippen LogP contribution is -2.40. The zero-order valence-electron chi connectivity index (χ0n) is 15.3. The van der Waals surface area contributed by atoms with E-state index in [4.69, 9.17) is 0 Å². The van der Waals surface area contributed by atoms with Crippen molar-refractivity contribution < 1.29 is 9.90 Å². The van der Waals surface area contributed by atoms with Gasteiger partial charge in [0, 0.05) is 31.4 Å². The van der Waals surface area contributed by atoms with Crippen molar-refractivity contribution >= 4 is 5.91 Å². The summed E-state index contributed by atoms with van der Waals surface area (Å²) in [5.74, 6) is 0.366. The average molecular weight is 341 g/mol. The fourth-order valence-corrected chi connectivity index (χ4v) is 3.63. The van der Waals surface area contributed by atoms with Gasteiger partial charge in [-0.3, -0.25) is 9.48 Å². The summed E-state index contributed by atoms with van der Waals surface area (Å²) in [7, 11) is 1.89. The number of benzene rings is 1. The molecule has 0 saturated carbocycles. The monoisotopic (exact) mass is 341 g/mol. The second-order valence-corrected chi connectivity index (χ2v) is 7.08. The van der Waals surface area contributed by atoms with Gasteiger partial charge in [-0.05, 0) is 43.7 Å². The van der Waals surface area contributed by atoms with Crippen LogP contribution < -0.4 is 0 Å². The van der Waals surface area contributed by atoms with E-state index in [2.05, 4.69) is 5.10 Å². The Kier molecular flexibility index (Phi) is 5.23. The van der Waals surface area contributed by atoms with Crippen LogP contribution in [0.1, 0.15) is 41.3 Å². The molecule has 1 amide bonds. The van der Waals surface area contributed by atoms with Gasteiger partial charge in [0.05, 0.1) is 18.7 Å². The number of nitrogens with zero attached hydrogens (tertiary/aromatic N) is 3. The standard InChI is InChI=1S/C20H27N3O2/c1-14-6-4-5-7-18(14)20(25)16-8-10-23(11-9-16)19(24)12-17-13-21-22(3)15(17)2/h4-7,13,16,20,25H,8-12H2,1-3H3/t20-/m0/s1. The topological polar surface area (TPSA) is 58.4 Å². The van der Waals surface area contributed by atoms with E-state index in [1.165, 1.54) is 0 Å². The maximum atomic E-state index is 12.6. The number of rotatable bonds is 4. The van der Waals surface area contributed by atoms with Gasteiger partial charge >= 0.3 is 0 Å². The van der Waals surface area contributed by atoms with Crippen LogP contribution in [0.3, 0.4) is 0 Å². The van der Waals surface area contributed by atoms with Gasteiger partial charge in [0.15, 0.2) is 0 Å². The number of piperidine rings is 1. The minimum atomic E-state index is -0.445. The second kappa shape index (κ2) is 7.40. The summed E-state index contributed by atoms with van der Waals surface area (Å²) in [6.07, 6.45) is 3.42. The number of hydrogen-bond donors (Lipinski definition) is 1. The Hall–Kier alpha value is -2.14. The van der Waals surface area contributed by atoms with Gasteiger partial charge in [-0.25, -0.2) is 0 Å². The Labute approximate surface area is 149 Å². The van der Waals surface area contributed by atoms with Crippen LogP contribution in [0, 0.1) is 19.8 Å². The number of aliphatic hydroxyl groups is 1. The third-order valence-corrected chi connectivity index (χ3v) is 5.52. The van der Waals surface area contributed by atoms with E-state index in [-0.39, 0.29) is 11.8 Å². The first kappa shape index (κ1) is 17.7. The Bertz CT molecular complexity index is 745. The number of likely N-dealkylation sites (tertiary alicyclic amines) is 1. The summed E-state index contributed by atoms with van der Waals surface area (Å²) in [5, 5.41) is 14.9. The van der Waals surface area contributed by atoms with Gasteiger partial charge < -0.3 is 10.0 Å². The van der Waals surface area contributed by atoms with Crippen LogP contribution in [0.2, 0.25) is 0 Å². The third-order valence-electron chi connectivity index (χ3n) is 5.52. The maximum absolute atomic E-state index is 12.6. The van der Waals surface area contributed by atoms with E-state index in [0.717, 1.165) is 35.2 Å². The molecular formula is C20H27N3O2. The molecule has 25 heavy (non-hydrogen) atoms. The molecule has 5 nitrogen and oxygen atoms in total. The predicted molar refractivity (Wildman–Crippen MR) is 97.1 cm³/mol.